The smallest absolute Gasteiger partial charge is 0.161 e. The molecule has 1 heterocycles. The summed E-state index contributed by atoms with van der Waals surface area (Å²) in [5.74, 6) is 1.78. The lowest BCUT2D eigenvalue weighted by Crippen LogP contribution is -2.12. The molecule has 4 nitrogen and oxygen atoms in total. The van der Waals surface area contributed by atoms with Gasteiger partial charge in [-0.2, -0.15) is 10.2 Å². The van der Waals surface area contributed by atoms with Crippen LogP contribution in [0.15, 0.2) is 58.7 Å². The molecule has 0 fully saturated rings. The van der Waals surface area contributed by atoms with Crippen molar-refractivity contribution in [2.24, 2.45) is 10.2 Å². The lowest BCUT2D eigenvalue weighted by Gasteiger charge is -2.20. The molecule has 1 aliphatic rings. The van der Waals surface area contributed by atoms with E-state index in [2.05, 4.69) is 60.5 Å². The first-order valence-corrected chi connectivity index (χ1v) is 10.4. The summed E-state index contributed by atoms with van der Waals surface area (Å²) in [6, 6.07) is 14.5. The van der Waals surface area contributed by atoms with E-state index in [0.29, 0.717) is 19.6 Å². The Balaban J connectivity index is 2.01. The van der Waals surface area contributed by atoms with Crippen LogP contribution < -0.4 is 9.47 Å². The van der Waals surface area contributed by atoms with Crippen molar-refractivity contribution in [2.75, 3.05) is 13.2 Å². The quantitative estimate of drug-likeness (QED) is 0.534. The van der Waals surface area contributed by atoms with Gasteiger partial charge in [-0.1, -0.05) is 49.4 Å². The zero-order valence-electron chi connectivity index (χ0n) is 17.8. The van der Waals surface area contributed by atoms with E-state index in [0.717, 1.165) is 34.9 Å². The molecule has 1 aliphatic heterocycles. The van der Waals surface area contributed by atoms with Crippen LogP contribution in [0.3, 0.4) is 0 Å². The van der Waals surface area contributed by atoms with Gasteiger partial charge < -0.3 is 9.47 Å². The van der Waals surface area contributed by atoms with Gasteiger partial charge in [0.2, 0.25) is 0 Å². The van der Waals surface area contributed by atoms with Crippen LogP contribution in [0.25, 0.3) is 6.08 Å². The van der Waals surface area contributed by atoms with Crippen molar-refractivity contribution < 1.29 is 9.47 Å². The van der Waals surface area contributed by atoms with E-state index < -0.39 is 0 Å². The van der Waals surface area contributed by atoms with Crippen molar-refractivity contribution >= 4 is 17.5 Å². The third kappa shape index (κ3) is 4.94. The van der Waals surface area contributed by atoms with E-state index in [4.69, 9.17) is 9.47 Å². The van der Waals surface area contributed by atoms with Crippen LogP contribution >= 0.6 is 0 Å². The zero-order chi connectivity index (χ0) is 20.6. The molecule has 29 heavy (non-hydrogen) atoms. The van der Waals surface area contributed by atoms with Gasteiger partial charge in [0.25, 0.3) is 0 Å². The molecular formula is C25H30N2O2. The van der Waals surface area contributed by atoms with E-state index >= 15 is 0 Å². The largest absolute Gasteiger partial charge is 0.490 e. The highest BCUT2D eigenvalue weighted by atomic mass is 16.5. The van der Waals surface area contributed by atoms with E-state index in [1.165, 1.54) is 11.1 Å². The molecule has 152 valence electrons. The lowest BCUT2D eigenvalue weighted by molar-refractivity contribution is 0.287. The minimum absolute atomic E-state index is 0.222. The maximum absolute atomic E-state index is 5.88. The third-order valence-electron chi connectivity index (χ3n) is 5.06. The van der Waals surface area contributed by atoms with Gasteiger partial charge in [0.1, 0.15) is 0 Å². The zero-order valence-corrected chi connectivity index (χ0v) is 17.8. The summed E-state index contributed by atoms with van der Waals surface area (Å²) in [7, 11) is 0. The van der Waals surface area contributed by atoms with Gasteiger partial charge in [-0.05, 0) is 50.5 Å². The molecule has 3 rings (SSSR count). The minimum atomic E-state index is 0.222. The topological polar surface area (TPSA) is 43.2 Å². The number of hydrogen-bond acceptors (Lipinski definition) is 4. The molecule has 2 aromatic rings. The molecule has 0 saturated carbocycles. The molecule has 0 aliphatic carbocycles. The summed E-state index contributed by atoms with van der Waals surface area (Å²) in [5.41, 5.74) is 5.47. The number of allylic oxidation sites excluding steroid dienone is 1. The Labute approximate surface area is 174 Å². The van der Waals surface area contributed by atoms with Crippen LogP contribution in [-0.4, -0.2) is 24.6 Å². The highest BCUT2D eigenvalue weighted by Crippen LogP contribution is 2.38. The van der Waals surface area contributed by atoms with Crippen molar-refractivity contribution in [3.63, 3.8) is 0 Å². The van der Waals surface area contributed by atoms with E-state index in [1.807, 2.05) is 32.0 Å². The van der Waals surface area contributed by atoms with Gasteiger partial charge >= 0.3 is 0 Å². The second-order valence-electron chi connectivity index (χ2n) is 7.02. The van der Waals surface area contributed by atoms with Gasteiger partial charge in [-0.15, -0.1) is 0 Å². The van der Waals surface area contributed by atoms with Crippen LogP contribution in [0.1, 0.15) is 63.1 Å². The molecule has 1 atom stereocenters. The van der Waals surface area contributed by atoms with Crippen molar-refractivity contribution in [2.45, 2.75) is 46.5 Å². The molecule has 0 bridgehead atoms. The maximum Gasteiger partial charge on any atom is 0.161 e. The molecule has 0 aromatic heterocycles. The third-order valence-corrected chi connectivity index (χ3v) is 5.06. The summed E-state index contributed by atoms with van der Waals surface area (Å²) in [6.45, 7) is 9.41. The minimum Gasteiger partial charge on any atom is -0.490 e. The Morgan fingerprint density at radius 1 is 0.931 bits per heavy atom. The number of fused-ring (bicyclic) bond motifs is 1. The predicted octanol–water partition coefficient (Wildman–Crippen LogP) is 6.26. The number of ether oxygens (including phenoxy) is 2. The average molecular weight is 391 g/mol. The number of rotatable bonds is 8. The second-order valence-corrected chi connectivity index (χ2v) is 7.02. The number of nitrogens with zero attached hydrogens (tertiary/aromatic N) is 2. The number of hydrogen-bond donors (Lipinski definition) is 0. The van der Waals surface area contributed by atoms with Crippen LogP contribution in [0, 0.1) is 0 Å². The molecule has 0 radical (unpaired) electrons. The lowest BCUT2D eigenvalue weighted by atomic mass is 9.86. The fraction of sp³-hybridized carbons (Fsp3) is 0.360. The highest BCUT2D eigenvalue weighted by Gasteiger charge is 2.25. The Bertz CT molecular complexity index is 914. The van der Waals surface area contributed by atoms with Crippen LogP contribution in [-0.2, 0) is 0 Å². The predicted molar refractivity (Wildman–Crippen MR) is 122 cm³/mol. The first kappa shape index (κ1) is 20.8. The van der Waals surface area contributed by atoms with Crippen LogP contribution in [0.2, 0.25) is 0 Å². The van der Waals surface area contributed by atoms with Crippen molar-refractivity contribution in [3.8, 4) is 11.5 Å². The first-order valence-electron chi connectivity index (χ1n) is 10.4. The summed E-state index contributed by atoms with van der Waals surface area (Å²) >= 11 is 0. The number of benzene rings is 2. The Hall–Kier alpha value is -2.88. The van der Waals surface area contributed by atoms with Crippen LogP contribution in [0.5, 0.6) is 11.5 Å². The van der Waals surface area contributed by atoms with Crippen LogP contribution in [0.4, 0.5) is 0 Å². The summed E-state index contributed by atoms with van der Waals surface area (Å²) in [5, 5.41) is 9.15. The van der Waals surface area contributed by atoms with Gasteiger partial charge in [-0.25, -0.2) is 0 Å². The fourth-order valence-electron chi connectivity index (χ4n) is 3.68. The van der Waals surface area contributed by atoms with E-state index in [-0.39, 0.29) is 5.92 Å². The maximum atomic E-state index is 5.88. The molecule has 0 spiro atoms. The standard InChI is InChI=1S/C25H30N2O2/c1-5-20-18(4)26-27-23(15-11-14-19-12-9-8-10-13-19)22-17-25(29-7-3)24(28-6-2)16-21(20)22/h8-14,16-17,20H,5-7,15H2,1-4H3/b14-11+. The van der Waals surface area contributed by atoms with E-state index in [9.17, 15) is 0 Å². The van der Waals surface area contributed by atoms with Gasteiger partial charge in [0, 0.05) is 23.6 Å². The Kier molecular flexibility index (Phi) is 7.23. The molecule has 4 heteroatoms. The SMILES string of the molecule is CCOc1cc2c(cc1OCC)C(CC)C(C)=NN=C2C/C=C/c1ccccc1. The molecule has 0 N–H and O–H groups in total. The highest BCUT2D eigenvalue weighted by molar-refractivity contribution is 6.07. The Morgan fingerprint density at radius 3 is 2.28 bits per heavy atom. The summed E-state index contributed by atoms with van der Waals surface area (Å²) < 4.78 is 11.8. The van der Waals surface area contributed by atoms with Crippen molar-refractivity contribution in [1.82, 2.24) is 0 Å². The normalized spacial score (nSPS) is 16.1. The molecule has 0 amide bonds. The Morgan fingerprint density at radius 2 is 1.62 bits per heavy atom. The molecular weight excluding hydrogens is 360 g/mol. The van der Waals surface area contributed by atoms with Gasteiger partial charge in [0.05, 0.1) is 18.9 Å². The second kappa shape index (κ2) is 10.1. The van der Waals surface area contributed by atoms with E-state index in [1.54, 1.807) is 0 Å². The summed E-state index contributed by atoms with van der Waals surface area (Å²) in [4.78, 5) is 0. The monoisotopic (exact) mass is 390 g/mol. The first-order chi connectivity index (χ1) is 14.2. The van der Waals surface area contributed by atoms with Gasteiger partial charge in [0.15, 0.2) is 11.5 Å². The molecule has 2 aromatic carbocycles. The fourth-order valence-corrected chi connectivity index (χ4v) is 3.68. The average Bonchev–Trinajstić information content (AvgIpc) is 2.86. The van der Waals surface area contributed by atoms with Crippen molar-refractivity contribution in [3.05, 3.63) is 65.2 Å². The van der Waals surface area contributed by atoms with Gasteiger partial charge in [-0.3, -0.25) is 0 Å². The molecule has 1 unspecified atom stereocenters. The molecule has 0 saturated heterocycles. The summed E-state index contributed by atoms with van der Waals surface area (Å²) in [6.07, 6.45) is 5.93. The van der Waals surface area contributed by atoms with Crippen molar-refractivity contribution in [1.29, 1.82) is 0 Å².